The summed E-state index contributed by atoms with van der Waals surface area (Å²) in [5.41, 5.74) is 1.89. The first-order valence-electron chi connectivity index (χ1n) is 7.76. The molecule has 5 aliphatic rings. The highest BCUT2D eigenvalue weighted by molar-refractivity contribution is 5.15. The molecule has 2 atom stereocenters. The summed E-state index contributed by atoms with van der Waals surface area (Å²) in [7, 11) is 0. The standard InChI is InChI=1S/C16H27N/c1-14-6-12-7-15(2,9-14)11-16(8-12,10-14)17-13-4-3-5-13/h12-13,17H,3-11H2,1-2H3. The van der Waals surface area contributed by atoms with E-state index in [1.807, 2.05) is 0 Å². The maximum Gasteiger partial charge on any atom is 0.0197 e. The first-order valence-corrected chi connectivity index (χ1v) is 7.76. The molecule has 4 bridgehead atoms. The lowest BCUT2D eigenvalue weighted by Crippen LogP contribution is -2.66. The zero-order valence-corrected chi connectivity index (χ0v) is 11.5. The van der Waals surface area contributed by atoms with Crippen LogP contribution >= 0.6 is 0 Å². The highest BCUT2D eigenvalue weighted by Crippen LogP contribution is 2.66. The Morgan fingerprint density at radius 2 is 1.53 bits per heavy atom. The third-order valence-electron chi connectivity index (χ3n) is 6.24. The fourth-order valence-electron chi connectivity index (χ4n) is 6.59. The predicted octanol–water partition coefficient (Wildman–Crippen LogP) is 3.88. The molecule has 2 unspecified atom stereocenters. The van der Waals surface area contributed by atoms with Crippen molar-refractivity contribution in [3.63, 3.8) is 0 Å². The molecule has 0 aromatic rings. The molecule has 5 saturated carbocycles. The van der Waals surface area contributed by atoms with Crippen molar-refractivity contribution in [2.24, 2.45) is 16.7 Å². The van der Waals surface area contributed by atoms with Gasteiger partial charge in [0, 0.05) is 11.6 Å². The normalized spacial score (nSPS) is 57.2. The van der Waals surface area contributed by atoms with Crippen LogP contribution in [0.5, 0.6) is 0 Å². The Hall–Kier alpha value is -0.0400. The van der Waals surface area contributed by atoms with Crippen molar-refractivity contribution in [2.45, 2.75) is 83.2 Å². The van der Waals surface area contributed by atoms with Crippen LogP contribution in [0.2, 0.25) is 0 Å². The number of hydrogen-bond donors (Lipinski definition) is 1. The zero-order valence-electron chi connectivity index (χ0n) is 11.5. The summed E-state index contributed by atoms with van der Waals surface area (Å²) in [6, 6.07) is 0.874. The lowest BCUT2D eigenvalue weighted by molar-refractivity contribution is -0.123. The van der Waals surface area contributed by atoms with Crippen molar-refractivity contribution < 1.29 is 0 Å². The van der Waals surface area contributed by atoms with Gasteiger partial charge in [0.1, 0.15) is 0 Å². The average molecular weight is 233 g/mol. The minimum absolute atomic E-state index is 0.550. The maximum atomic E-state index is 4.11. The van der Waals surface area contributed by atoms with Crippen LogP contribution in [0.25, 0.3) is 0 Å². The Morgan fingerprint density at radius 3 is 2.00 bits per heavy atom. The van der Waals surface area contributed by atoms with Gasteiger partial charge >= 0.3 is 0 Å². The van der Waals surface area contributed by atoms with Crippen molar-refractivity contribution in [2.75, 3.05) is 0 Å². The minimum atomic E-state index is 0.550. The minimum Gasteiger partial charge on any atom is -0.308 e. The molecule has 0 radical (unpaired) electrons. The molecule has 5 aliphatic carbocycles. The molecule has 0 aliphatic heterocycles. The van der Waals surface area contributed by atoms with Gasteiger partial charge in [-0.1, -0.05) is 20.3 Å². The van der Waals surface area contributed by atoms with E-state index in [2.05, 4.69) is 19.2 Å². The Balaban J connectivity index is 1.63. The van der Waals surface area contributed by atoms with Crippen molar-refractivity contribution in [1.29, 1.82) is 0 Å². The van der Waals surface area contributed by atoms with Crippen LogP contribution in [-0.4, -0.2) is 11.6 Å². The van der Waals surface area contributed by atoms with E-state index in [0.717, 1.165) is 12.0 Å². The summed E-state index contributed by atoms with van der Waals surface area (Å²) < 4.78 is 0. The molecular formula is C16H27N. The molecule has 0 saturated heterocycles. The molecule has 0 aromatic heterocycles. The van der Waals surface area contributed by atoms with E-state index in [4.69, 9.17) is 0 Å². The summed E-state index contributed by atoms with van der Waals surface area (Å²) in [5.74, 6) is 1.04. The molecule has 1 N–H and O–H groups in total. The molecule has 0 heterocycles. The predicted molar refractivity (Wildman–Crippen MR) is 70.9 cm³/mol. The van der Waals surface area contributed by atoms with Gasteiger partial charge in [0.05, 0.1) is 0 Å². The van der Waals surface area contributed by atoms with Crippen LogP contribution in [0.15, 0.2) is 0 Å². The summed E-state index contributed by atoms with van der Waals surface area (Å²) in [4.78, 5) is 0. The second kappa shape index (κ2) is 3.10. The molecule has 0 spiro atoms. The molecule has 5 rings (SSSR count). The summed E-state index contributed by atoms with van der Waals surface area (Å²) in [6.07, 6.45) is 13.4. The van der Waals surface area contributed by atoms with Gasteiger partial charge in [-0.2, -0.15) is 0 Å². The van der Waals surface area contributed by atoms with Crippen LogP contribution < -0.4 is 5.32 Å². The highest BCUT2D eigenvalue weighted by atomic mass is 15.0. The zero-order chi connectivity index (χ0) is 11.7. The van der Waals surface area contributed by atoms with E-state index >= 15 is 0 Å². The third kappa shape index (κ3) is 1.61. The Labute approximate surface area is 106 Å². The van der Waals surface area contributed by atoms with Gasteiger partial charge in [-0.3, -0.25) is 0 Å². The van der Waals surface area contributed by atoms with Gasteiger partial charge < -0.3 is 5.32 Å². The number of nitrogens with one attached hydrogen (secondary N) is 1. The molecule has 17 heavy (non-hydrogen) atoms. The van der Waals surface area contributed by atoms with Gasteiger partial charge in [-0.15, -0.1) is 0 Å². The molecule has 96 valence electrons. The van der Waals surface area contributed by atoms with Crippen molar-refractivity contribution in [3.8, 4) is 0 Å². The Kier molecular flexibility index (Phi) is 1.98. The van der Waals surface area contributed by atoms with Gasteiger partial charge in [0.2, 0.25) is 0 Å². The van der Waals surface area contributed by atoms with E-state index in [0.29, 0.717) is 16.4 Å². The molecule has 1 nitrogen and oxygen atoms in total. The van der Waals surface area contributed by atoms with Crippen LogP contribution in [0.1, 0.15) is 71.6 Å². The Morgan fingerprint density at radius 1 is 0.882 bits per heavy atom. The van der Waals surface area contributed by atoms with E-state index in [9.17, 15) is 0 Å². The van der Waals surface area contributed by atoms with E-state index in [1.165, 1.54) is 57.8 Å². The maximum absolute atomic E-state index is 4.11. The van der Waals surface area contributed by atoms with Crippen molar-refractivity contribution in [3.05, 3.63) is 0 Å². The smallest absolute Gasteiger partial charge is 0.0197 e. The van der Waals surface area contributed by atoms with E-state index in [-0.39, 0.29) is 0 Å². The average Bonchev–Trinajstić information content (AvgIpc) is 2.05. The third-order valence-corrected chi connectivity index (χ3v) is 6.24. The lowest BCUT2D eigenvalue weighted by atomic mass is 9.42. The van der Waals surface area contributed by atoms with Gasteiger partial charge in [-0.25, -0.2) is 0 Å². The molecule has 1 heteroatoms. The topological polar surface area (TPSA) is 12.0 Å². The lowest BCUT2D eigenvalue weighted by Gasteiger charge is -2.66. The summed E-state index contributed by atoms with van der Waals surface area (Å²) in [6.45, 7) is 5.15. The van der Waals surface area contributed by atoms with E-state index in [1.54, 1.807) is 0 Å². The summed E-state index contributed by atoms with van der Waals surface area (Å²) >= 11 is 0. The largest absolute Gasteiger partial charge is 0.308 e. The SMILES string of the molecule is CC12CC3CC(C)(C1)CC(NC1CCC1)(C3)C2. The van der Waals surface area contributed by atoms with Crippen LogP contribution in [0.3, 0.4) is 0 Å². The molecular weight excluding hydrogens is 206 g/mol. The number of rotatable bonds is 2. The highest BCUT2D eigenvalue weighted by Gasteiger charge is 2.60. The fraction of sp³-hybridized carbons (Fsp3) is 1.00. The molecule has 0 amide bonds. The molecule has 5 fully saturated rings. The number of hydrogen-bond acceptors (Lipinski definition) is 1. The second-order valence-corrected chi connectivity index (χ2v) is 8.68. The Bertz CT molecular complexity index is 325. The first kappa shape index (κ1) is 10.8. The quantitative estimate of drug-likeness (QED) is 0.763. The van der Waals surface area contributed by atoms with Gasteiger partial charge in [0.15, 0.2) is 0 Å². The van der Waals surface area contributed by atoms with Crippen LogP contribution in [-0.2, 0) is 0 Å². The van der Waals surface area contributed by atoms with Crippen molar-refractivity contribution in [1.82, 2.24) is 5.32 Å². The van der Waals surface area contributed by atoms with Gasteiger partial charge in [0.25, 0.3) is 0 Å². The molecule has 0 aromatic carbocycles. The van der Waals surface area contributed by atoms with Gasteiger partial charge in [-0.05, 0) is 68.1 Å². The van der Waals surface area contributed by atoms with E-state index < -0.39 is 0 Å². The van der Waals surface area contributed by atoms with Crippen molar-refractivity contribution >= 4 is 0 Å². The monoisotopic (exact) mass is 233 g/mol. The first-order chi connectivity index (χ1) is 7.99. The second-order valence-electron chi connectivity index (χ2n) is 8.68. The fourth-order valence-corrected chi connectivity index (χ4v) is 6.59. The summed E-state index contributed by atoms with van der Waals surface area (Å²) in [5, 5.41) is 4.11. The van der Waals surface area contributed by atoms with Crippen LogP contribution in [0.4, 0.5) is 0 Å². The van der Waals surface area contributed by atoms with Crippen LogP contribution in [0, 0.1) is 16.7 Å².